The summed E-state index contributed by atoms with van der Waals surface area (Å²) in [7, 11) is 4.06. The lowest BCUT2D eigenvalue weighted by molar-refractivity contribution is 0.198. The average Bonchev–Trinajstić information content (AvgIpc) is 2.50. The minimum Gasteiger partial charge on any atom is -0.492 e. The van der Waals surface area contributed by atoms with Gasteiger partial charge < -0.3 is 25.8 Å². The molecule has 0 fully saturated rings. The standard InChI is InChI=1S/C17H23N3O2/c1-12(20(2)3)11-21-13-4-6-14(7-5-13)22-15-8-9-16(18)17(19)10-15/h4-10,12H,11,18-19H2,1-3H3. The maximum absolute atomic E-state index is 5.76. The first-order valence-electron chi connectivity index (χ1n) is 7.18. The van der Waals surface area contributed by atoms with E-state index in [9.17, 15) is 0 Å². The number of nitrogens with zero attached hydrogens (tertiary/aromatic N) is 1. The molecule has 118 valence electrons. The lowest BCUT2D eigenvalue weighted by Gasteiger charge is -2.20. The average molecular weight is 301 g/mol. The molecule has 0 saturated carbocycles. The molecule has 2 aromatic carbocycles. The number of rotatable bonds is 6. The molecule has 0 aromatic heterocycles. The van der Waals surface area contributed by atoms with Crippen LogP contribution < -0.4 is 20.9 Å². The second kappa shape index (κ2) is 7.04. The maximum Gasteiger partial charge on any atom is 0.129 e. The van der Waals surface area contributed by atoms with Gasteiger partial charge >= 0.3 is 0 Å². The molecule has 2 rings (SSSR count). The summed E-state index contributed by atoms with van der Waals surface area (Å²) in [5, 5.41) is 0. The van der Waals surface area contributed by atoms with Crippen LogP contribution in [0.25, 0.3) is 0 Å². The van der Waals surface area contributed by atoms with Gasteiger partial charge in [-0.3, -0.25) is 0 Å². The first-order valence-corrected chi connectivity index (χ1v) is 7.18. The third-order valence-electron chi connectivity index (χ3n) is 3.49. The van der Waals surface area contributed by atoms with E-state index in [0.29, 0.717) is 29.8 Å². The summed E-state index contributed by atoms with van der Waals surface area (Å²) < 4.78 is 11.5. The van der Waals surface area contributed by atoms with Gasteiger partial charge in [-0.05, 0) is 57.4 Å². The highest BCUT2D eigenvalue weighted by Gasteiger charge is 2.06. The fraction of sp³-hybridized carbons (Fsp3) is 0.294. The number of ether oxygens (including phenoxy) is 2. The number of hydrogen-bond donors (Lipinski definition) is 2. The third-order valence-corrected chi connectivity index (χ3v) is 3.49. The molecule has 0 radical (unpaired) electrons. The van der Waals surface area contributed by atoms with Gasteiger partial charge in [-0.1, -0.05) is 0 Å². The molecule has 0 saturated heterocycles. The highest BCUT2D eigenvalue weighted by molar-refractivity contribution is 5.65. The molecule has 1 unspecified atom stereocenters. The Balaban J connectivity index is 1.95. The lowest BCUT2D eigenvalue weighted by Crippen LogP contribution is -2.30. The van der Waals surface area contributed by atoms with Gasteiger partial charge in [0.2, 0.25) is 0 Å². The summed E-state index contributed by atoms with van der Waals surface area (Å²) in [6.07, 6.45) is 0. The smallest absolute Gasteiger partial charge is 0.129 e. The molecule has 1 atom stereocenters. The van der Waals surface area contributed by atoms with E-state index in [1.807, 2.05) is 38.4 Å². The van der Waals surface area contributed by atoms with E-state index in [-0.39, 0.29) is 0 Å². The number of nitrogens with two attached hydrogens (primary N) is 2. The first-order chi connectivity index (χ1) is 10.5. The summed E-state index contributed by atoms with van der Waals surface area (Å²) in [6.45, 7) is 2.75. The molecule has 0 spiro atoms. The van der Waals surface area contributed by atoms with E-state index in [2.05, 4.69) is 11.8 Å². The fourth-order valence-electron chi connectivity index (χ4n) is 1.72. The number of hydrogen-bond acceptors (Lipinski definition) is 5. The Morgan fingerprint density at radius 3 is 2.09 bits per heavy atom. The van der Waals surface area contributed by atoms with Gasteiger partial charge in [-0.25, -0.2) is 0 Å². The monoisotopic (exact) mass is 301 g/mol. The van der Waals surface area contributed by atoms with Crippen LogP contribution in [0, 0.1) is 0 Å². The molecule has 4 N–H and O–H groups in total. The molecule has 0 aliphatic rings. The van der Waals surface area contributed by atoms with Crippen LogP contribution in [0.15, 0.2) is 42.5 Å². The van der Waals surface area contributed by atoms with Crippen LogP contribution in [0.5, 0.6) is 17.2 Å². The summed E-state index contributed by atoms with van der Waals surface area (Å²) in [6, 6.07) is 13.1. The predicted octanol–water partition coefficient (Wildman–Crippen LogP) is 2.97. The molecule has 5 nitrogen and oxygen atoms in total. The summed E-state index contributed by atoms with van der Waals surface area (Å²) >= 11 is 0. The fourth-order valence-corrected chi connectivity index (χ4v) is 1.72. The summed E-state index contributed by atoms with van der Waals surface area (Å²) in [5.41, 5.74) is 12.5. The SMILES string of the molecule is CC(COc1ccc(Oc2ccc(N)c(N)c2)cc1)N(C)C. The zero-order chi connectivity index (χ0) is 16.1. The van der Waals surface area contributed by atoms with Crippen LogP contribution in [0.3, 0.4) is 0 Å². The van der Waals surface area contributed by atoms with Crippen LogP contribution in [0.4, 0.5) is 11.4 Å². The third kappa shape index (κ3) is 4.30. The van der Waals surface area contributed by atoms with E-state index in [0.717, 1.165) is 11.5 Å². The van der Waals surface area contributed by atoms with Crippen molar-refractivity contribution in [3.63, 3.8) is 0 Å². The van der Waals surface area contributed by atoms with Crippen LogP contribution in [0.1, 0.15) is 6.92 Å². The second-order valence-corrected chi connectivity index (χ2v) is 5.49. The van der Waals surface area contributed by atoms with Crippen molar-refractivity contribution < 1.29 is 9.47 Å². The lowest BCUT2D eigenvalue weighted by atomic mass is 10.2. The van der Waals surface area contributed by atoms with Gasteiger partial charge in [0.1, 0.15) is 23.9 Å². The van der Waals surface area contributed by atoms with Gasteiger partial charge in [0.15, 0.2) is 0 Å². The predicted molar refractivity (Wildman–Crippen MR) is 90.4 cm³/mol. The van der Waals surface area contributed by atoms with Gasteiger partial charge in [-0.2, -0.15) is 0 Å². The molecular formula is C17H23N3O2. The topological polar surface area (TPSA) is 73.7 Å². The molecule has 0 aliphatic heterocycles. The molecule has 0 amide bonds. The van der Waals surface area contributed by atoms with Crippen LogP contribution >= 0.6 is 0 Å². The Labute approximate surface area is 131 Å². The highest BCUT2D eigenvalue weighted by atomic mass is 16.5. The Kier molecular flexibility index (Phi) is 5.12. The highest BCUT2D eigenvalue weighted by Crippen LogP contribution is 2.27. The Hall–Kier alpha value is -2.40. The van der Waals surface area contributed by atoms with Gasteiger partial charge in [0.25, 0.3) is 0 Å². The van der Waals surface area contributed by atoms with E-state index in [1.54, 1.807) is 18.2 Å². The molecule has 22 heavy (non-hydrogen) atoms. The summed E-state index contributed by atoms with van der Waals surface area (Å²) in [5.74, 6) is 2.19. The normalized spacial score (nSPS) is 12.2. The van der Waals surface area contributed by atoms with Gasteiger partial charge in [-0.15, -0.1) is 0 Å². The maximum atomic E-state index is 5.76. The minimum absolute atomic E-state index is 0.355. The Morgan fingerprint density at radius 2 is 1.50 bits per heavy atom. The summed E-state index contributed by atoms with van der Waals surface area (Å²) in [4.78, 5) is 2.11. The first kappa shape index (κ1) is 16.0. The van der Waals surface area contributed by atoms with Crippen LogP contribution in [-0.4, -0.2) is 31.6 Å². The zero-order valence-electron chi connectivity index (χ0n) is 13.2. The van der Waals surface area contributed by atoms with Crippen molar-refractivity contribution in [3.8, 4) is 17.2 Å². The Bertz CT molecular complexity index is 612. The van der Waals surface area contributed by atoms with Crippen molar-refractivity contribution in [3.05, 3.63) is 42.5 Å². The van der Waals surface area contributed by atoms with E-state index in [4.69, 9.17) is 20.9 Å². The quantitative estimate of drug-likeness (QED) is 0.802. The van der Waals surface area contributed by atoms with Crippen molar-refractivity contribution in [2.24, 2.45) is 0 Å². The molecular weight excluding hydrogens is 278 g/mol. The van der Waals surface area contributed by atoms with Gasteiger partial charge in [0, 0.05) is 12.1 Å². The van der Waals surface area contributed by atoms with E-state index >= 15 is 0 Å². The van der Waals surface area contributed by atoms with Crippen molar-refractivity contribution in [2.75, 3.05) is 32.2 Å². The van der Waals surface area contributed by atoms with Gasteiger partial charge in [0.05, 0.1) is 11.4 Å². The van der Waals surface area contributed by atoms with E-state index < -0.39 is 0 Å². The number of likely N-dealkylation sites (N-methyl/N-ethyl adjacent to an activating group) is 1. The van der Waals surface area contributed by atoms with Crippen molar-refractivity contribution in [2.45, 2.75) is 13.0 Å². The number of anilines is 2. The van der Waals surface area contributed by atoms with Crippen LogP contribution in [0.2, 0.25) is 0 Å². The zero-order valence-corrected chi connectivity index (χ0v) is 13.2. The van der Waals surface area contributed by atoms with Crippen LogP contribution in [-0.2, 0) is 0 Å². The number of nitrogen functional groups attached to an aromatic ring is 2. The van der Waals surface area contributed by atoms with E-state index in [1.165, 1.54) is 0 Å². The van der Waals surface area contributed by atoms with Crippen molar-refractivity contribution in [1.29, 1.82) is 0 Å². The minimum atomic E-state index is 0.355. The largest absolute Gasteiger partial charge is 0.492 e. The van der Waals surface area contributed by atoms with Crippen molar-refractivity contribution >= 4 is 11.4 Å². The molecule has 0 heterocycles. The molecule has 5 heteroatoms. The Morgan fingerprint density at radius 1 is 0.909 bits per heavy atom. The second-order valence-electron chi connectivity index (χ2n) is 5.49. The number of benzene rings is 2. The molecule has 0 aliphatic carbocycles. The molecule has 2 aromatic rings. The molecule has 0 bridgehead atoms. The van der Waals surface area contributed by atoms with Crippen molar-refractivity contribution in [1.82, 2.24) is 4.90 Å².